The fourth-order valence-electron chi connectivity index (χ4n) is 4.61. The van der Waals surface area contributed by atoms with Crippen LogP contribution in [0.3, 0.4) is 0 Å². The lowest BCUT2D eigenvalue weighted by atomic mass is 10.1. The van der Waals surface area contributed by atoms with Crippen LogP contribution in [-0.2, 0) is 16.1 Å². The van der Waals surface area contributed by atoms with E-state index in [0.717, 1.165) is 73.1 Å². The molecule has 1 aliphatic rings. The van der Waals surface area contributed by atoms with Gasteiger partial charge in [0.25, 0.3) is 0 Å². The standard InChI is InChI=1S/C28H31N5O2/c1-21-26(22(2)33(30-21)25-6-4-3-5-7-25)9-11-28(34)29-24-8-10-27-23(20-24)12-13-32(27)15-14-31-16-18-35-19-17-31/h3-13,20H,14-19H2,1-2H3,(H,29,34)/b11-9+. The number of rotatable bonds is 7. The molecule has 0 spiro atoms. The van der Waals surface area contributed by atoms with Crippen molar-refractivity contribution in [3.8, 4) is 5.69 Å². The molecule has 0 bridgehead atoms. The number of fused-ring (bicyclic) bond motifs is 1. The van der Waals surface area contributed by atoms with E-state index in [1.807, 2.05) is 67.1 Å². The summed E-state index contributed by atoms with van der Waals surface area (Å²) in [5.41, 5.74) is 5.80. The molecule has 1 aliphatic heterocycles. The Hall–Kier alpha value is -3.68. The number of aromatic nitrogens is 3. The average Bonchev–Trinajstić information content (AvgIpc) is 3.42. The number of nitrogens with one attached hydrogen (secondary N) is 1. The molecular weight excluding hydrogens is 438 g/mol. The molecule has 0 aliphatic carbocycles. The molecule has 1 N–H and O–H groups in total. The van der Waals surface area contributed by atoms with Gasteiger partial charge in [0, 0.05) is 66.3 Å². The molecular formula is C28H31N5O2. The van der Waals surface area contributed by atoms with E-state index in [0.29, 0.717) is 0 Å². The van der Waals surface area contributed by atoms with E-state index in [2.05, 4.69) is 38.2 Å². The zero-order chi connectivity index (χ0) is 24.2. The maximum atomic E-state index is 12.7. The Morgan fingerprint density at radius 3 is 2.66 bits per heavy atom. The molecule has 0 atom stereocenters. The van der Waals surface area contributed by atoms with Crippen molar-refractivity contribution in [3.05, 3.63) is 83.8 Å². The summed E-state index contributed by atoms with van der Waals surface area (Å²) in [6, 6.07) is 18.2. The van der Waals surface area contributed by atoms with Crippen LogP contribution in [0.1, 0.15) is 17.0 Å². The molecule has 2 aromatic heterocycles. The number of hydrogen-bond donors (Lipinski definition) is 1. The second-order valence-electron chi connectivity index (χ2n) is 8.89. The van der Waals surface area contributed by atoms with E-state index in [9.17, 15) is 4.79 Å². The van der Waals surface area contributed by atoms with Crippen LogP contribution in [0, 0.1) is 13.8 Å². The zero-order valence-corrected chi connectivity index (χ0v) is 20.3. The second kappa shape index (κ2) is 10.3. The van der Waals surface area contributed by atoms with Gasteiger partial charge in [-0.3, -0.25) is 9.69 Å². The van der Waals surface area contributed by atoms with Gasteiger partial charge in [-0.2, -0.15) is 5.10 Å². The fraction of sp³-hybridized carbons (Fsp3) is 0.286. The van der Waals surface area contributed by atoms with Gasteiger partial charge in [-0.05, 0) is 56.3 Å². The lowest BCUT2D eigenvalue weighted by Crippen LogP contribution is -2.38. The summed E-state index contributed by atoms with van der Waals surface area (Å²) in [4.78, 5) is 15.1. The minimum Gasteiger partial charge on any atom is -0.379 e. The fourth-order valence-corrected chi connectivity index (χ4v) is 4.61. The number of morpholine rings is 1. The van der Waals surface area contributed by atoms with Crippen molar-refractivity contribution < 1.29 is 9.53 Å². The third-order valence-electron chi connectivity index (χ3n) is 6.55. The number of anilines is 1. The number of hydrogen-bond acceptors (Lipinski definition) is 4. The van der Waals surface area contributed by atoms with Crippen molar-refractivity contribution in [1.82, 2.24) is 19.2 Å². The lowest BCUT2D eigenvalue weighted by molar-refractivity contribution is -0.111. The highest BCUT2D eigenvalue weighted by molar-refractivity contribution is 6.03. The first kappa shape index (κ1) is 23.1. The molecule has 35 heavy (non-hydrogen) atoms. The highest BCUT2D eigenvalue weighted by Crippen LogP contribution is 2.22. The Morgan fingerprint density at radius 1 is 1.06 bits per heavy atom. The van der Waals surface area contributed by atoms with Crippen LogP contribution in [0.4, 0.5) is 5.69 Å². The highest BCUT2D eigenvalue weighted by Gasteiger charge is 2.12. The molecule has 5 rings (SSSR count). The topological polar surface area (TPSA) is 64.3 Å². The molecule has 2 aromatic carbocycles. The van der Waals surface area contributed by atoms with Crippen molar-refractivity contribution in [2.75, 3.05) is 38.2 Å². The summed E-state index contributed by atoms with van der Waals surface area (Å²) in [5, 5.41) is 8.75. The number of aryl methyl sites for hydroxylation is 1. The molecule has 7 heteroatoms. The van der Waals surface area contributed by atoms with Crippen LogP contribution >= 0.6 is 0 Å². The first-order valence-corrected chi connectivity index (χ1v) is 12.1. The van der Waals surface area contributed by atoms with Gasteiger partial charge in [-0.1, -0.05) is 18.2 Å². The van der Waals surface area contributed by atoms with Gasteiger partial charge >= 0.3 is 0 Å². The Morgan fingerprint density at radius 2 is 1.86 bits per heavy atom. The monoisotopic (exact) mass is 469 g/mol. The smallest absolute Gasteiger partial charge is 0.248 e. The van der Waals surface area contributed by atoms with Crippen molar-refractivity contribution in [3.63, 3.8) is 0 Å². The normalized spacial score (nSPS) is 14.7. The molecule has 3 heterocycles. The lowest BCUT2D eigenvalue weighted by Gasteiger charge is -2.26. The molecule has 1 fully saturated rings. The number of benzene rings is 2. The third-order valence-corrected chi connectivity index (χ3v) is 6.55. The zero-order valence-electron chi connectivity index (χ0n) is 20.3. The van der Waals surface area contributed by atoms with Gasteiger partial charge in [0.1, 0.15) is 0 Å². The average molecular weight is 470 g/mol. The summed E-state index contributed by atoms with van der Waals surface area (Å²) in [6.07, 6.45) is 5.53. The van der Waals surface area contributed by atoms with Gasteiger partial charge in [0.05, 0.1) is 24.6 Å². The van der Waals surface area contributed by atoms with Crippen LogP contribution in [0.5, 0.6) is 0 Å². The van der Waals surface area contributed by atoms with Crippen LogP contribution in [-0.4, -0.2) is 58.0 Å². The number of para-hydroxylation sites is 1. The van der Waals surface area contributed by atoms with Gasteiger partial charge in [-0.15, -0.1) is 0 Å². The minimum absolute atomic E-state index is 0.164. The Labute approximate surface area is 205 Å². The molecule has 0 radical (unpaired) electrons. The Bertz CT molecular complexity index is 1350. The summed E-state index contributed by atoms with van der Waals surface area (Å²) in [5.74, 6) is -0.164. The first-order valence-electron chi connectivity index (χ1n) is 12.1. The molecule has 1 amide bonds. The van der Waals surface area contributed by atoms with Crippen molar-refractivity contribution >= 4 is 28.6 Å². The Kier molecular flexibility index (Phi) is 6.79. The number of amides is 1. The minimum atomic E-state index is -0.164. The number of nitrogens with zero attached hydrogens (tertiary/aromatic N) is 4. The first-order chi connectivity index (χ1) is 17.1. The highest BCUT2D eigenvalue weighted by atomic mass is 16.5. The van der Waals surface area contributed by atoms with Crippen molar-refractivity contribution in [2.24, 2.45) is 0 Å². The number of carbonyl (C=O) groups is 1. The molecule has 4 aromatic rings. The largest absolute Gasteiger partial charge is 0.379 e. The molecule has 7 nitrogen and oxygen atoms in total. The number of carbonyl (C=O) groups excluding carboxylic acids is 1. The van der Waals surface area contributed by atoms with Gasteiger partial charge in [-0.25, -0.2) is 4.68 Å². The van der Waals surface area contributed by atoms with Gasteiger partial charge < -0.3 is 14.6 Å². The van der Waals surface area contributed by atoms with E-state index in [1.165, 1.54) is 5.52 Å². The van der Waals surface area contributed by atoms with E-state index in [-0.39, 0.29) is 5.91 Å². The van der Waals surface area contributed by atoms with Crippen LogP contribution < -0.4 is 5.32 Å². The van der Waals surface area contributed by atoms with Crippen LogP contribution in [0.2, 0.25) is 0 Å². The predicted molar refractivity (Wildman–Crippen MR) is 140 cm³/mol. The van der Waals surface area contributed by atoms with E-state index >= 15 is 0 Å². The van der Waals surface area contributed by atoms with Crippen molar-refractivity contribution in [1.29, 1.82) is 0 Å². The van der Waals surface area contributed by atoms with E-state index in [4.69, 9.17) is 4.74 Å². The van der Waals surface area contributed by atoms with E-state index in [1.54, 1.807) is 6.08 Å². The maximum absolute atomic E-state index is 12.7. The SMILES string of the molecule is Cc1nn(-c2ccccc2)c(C)c1/C=C/C(=O)Nc1ccc2c(ccn2CCN2CCOCC2)c1. The van der Waals surface area contributed by atoms with Gasteiger partial charge in [0.15, 0.2) is 0 Å². The summed E-state index contributed by atoms with van der Waals surface area (Å²) < 4.78 is 9.61. The second-order valence-corrected chi connectivity index (χ2v) is 8.89. The van der Waals surface area contributed by atoms with Crippen molar-refractivity contribution in [2.45, 2.75) is 20.4 Å². The summed E-state index contributed by atoms with van der Waals surface area (Å²) in [7, 11) is 0. The maximum Gasteiger partial charge on any atom is 0.248 e. The summed E-state index contributed by atoms with van der Waals surface area (Å²) in [6.45, 7) is 9.55. The van der Waals surface area contributed by atoms with Crippen LogP contribution in [0.15, 0.2) is 66.9 Å². The van der Waals surface area contributed by atoms with E-state index < -0.39 is 0 Å². The number of ether oxygens (including phenoxy) is 1. The molecule has 180 valence electrons. The summed E-state index contributed by atoms with van der Waals surface area (Å²) >= 11 is 0. The predicted octanol–water partition coefficient (Wildman–Crippen LogP) is 4.43. The third kappa shape index (κ3) is 5.21. The molecule has 0 unspecified atom stereocenters. The Balaban J connectivity index is 1.24. The molecule has 0 saturated carbocycles. The van der Waals surface area contributed by atoms with Crippen LogP contribution in [0.25, 0.3) is 22.7 Å². The quantitative estimate of drug-likeness (QED) is 0.407. The van der Waals surface area contributed by atoms with Gasteiger partial charge in [0.2, 0.25) is 5.91 Å². The molecule has 1 saturated heterocycles.